The van der Waals surface area contributed by atoms with E-state index in [1.165, 1.54) is 5.56 Å². The molecule has 3 unspecified atom stereocenters. The first-order valence-corrected chi connectivity index (χ1v) is 12.0. The Bertz CT molecular complexity index is 973. The van der Waals surface area contributed by atoms with Gasteiger partial charge < -0.3 is 15.7 Å². The first-order chi connectivity index (χ1) is 14.4. The Morgan fingerprint density at radius 1 is 1.30 bits per heavy atom. The van der Waals surface area contributed by atoms with Gasteiger partial charge in [0.15, 0.2) is 0 Å². The number of allylic oxidation sites excluding steroid dienone is 4. The third-order valence-electron chi connectivity index (χ3n) is 6.04. The zero-order chi connectivity index (χ0) is 21.1. The Labute approximate surface area is 176 Å². The molecule has 0 spiro atoms. The van der Waals surface area contributed by atoms with E-state index in [0.717, 1.165) is 36.6 Å². The highest BCUT2D eigenvalue weighted by Crippen LogP contribution is 2.36. The van der Waals surface area contributed by atoms with E-state index in [9.17, 15) is 13.2 Å². The van der Waals surface area contributed by atoms with E-state index < -0.39 is 21.4 Å². The van der Waals surface area contributed by atoms with Crippen molar-refractivity contribution in [2.75, 3.05) is 18.4 Å². The molecular weight excluding hydrogens is 404 g/mol. The van der Waals surface area contributed by atoms with Gasteiger partial charge >= 0.3 is 5.97 Å². The van der Waals surface area contributed by atoms with Crippen LogP contribution in [0.1, 0.15) is 36.9 Å². The lowest BCUT2D eigenvalue weighted by molar-refractivity contribution is -0.138. The molecule has 0 aromatic carbocycles. The molecule has 3 atom stereocenters. The minimum atomic E-state index is -3.55. The maximum absolute atomic E-state index is 12.8. The molecular formula is C21H28N4O4S. The number of hydrogen-bond donors (Lipinski definition) is 4. The van der Waals surface area contributed by atoms with Crippen molar-refractivity contribution >= 4 is 21.8 Å². The van der Waals surface area contributed by atoms with Crippen LogP contribution in [0, 0.1) is 11.8 Å². The molecule has 0 radical (unpaired) electrons. The van der Waals surface area contributed by atoms with Gasteiger partial charge in [-0.2, -0.15) is 0 Å². The number of rotatable bonds is 7. The topological polar surface area (TPSA) is 120 Å². The largest absolute Gasteiger partial charge is 0.481 e. The quantitative estimate of drug-likeness (QED) is 0.518. The van der Waals surface area contributed by atoms with Gasteiger partial charge in [0.1, 0.15) is 11.2 Å². The molecule has 162 valence electrons. The van der Waals surface area contributed by atoms with Gasteiger partial charge in [0.05, 0.1) is 6.42 Å². The molecule has 0 saturated carbocycles. The third-order valence-corrected chi connectivity index (χ3v) is 7.75. The van der Waals surface area contributed by atoms with Crippen molar-refractivity contribution in [3.8, 4) is 0 Å². The summed E-state index contributed by atoms with van der Waals surface area (Å²) in [5, 5.41) is 14.8. The van der Waals surface area contributed by atoms with Crippen molar-refractivity contribution in [2.24, 2.45) is 11.8 Å². The summed E-state index contributed by atoms with van der Waals surface area (Å²) in [5.41, 5.74) is 2.88. The molecule has 0 bridgehead atoms. The van der Waals surface area contributed by atoms with Gasteiger partial charge in [-0.05, 0) is 49.3 Å². The van der Waals surface area contributed by atoms with Crippen LogP contribution in [-0.2, 0) is 27.7 Å². The summed E-state index contributed by atoms with van der Waals surface area (Å²) in [6.07, 6.45) is 9.36. The Morgan fingerprint density at radius 3 is 3.00 bits per heavy atom. The van der Waals surface area contributed by atoms with Crippen LogP contribution in [0.4, 0.5) is 5.82 Å². The van der Waals surface area contributed by atoms with Crippen LogP contribution in [0.25, 0.3) is 0 Å². The number of hydrogen-bond acceptors (Lipinski definition) is 6. The summed E-state index contributed by atoms with van der Waals surface area (Å²) >= 11 is 0. The number of fused-ring (bicyclic) bond motifs is 2. The highest BCUT2D eigenvalue weighted by molar-refractivity contribution is 7.90. The van der Waals surface area contributed by atoms with Gasteiger partial charge in [0.25, 0.3) is 0 Å². The molecule has 3 aliphatic rings. The second kappa shape index (κ2) is 8.77. The van der Waals surface area contributed by atoms with Crippen molar-refractivity contribution in [2.45, 2.75) is 43.9 Å². The van der Waals surface area contributed by atoms with Crippen LogP contribution < -0.4 is 15.4 Å². The zero-order valence-corrected chi connectivity index (χ0v) is 17.6. The van der Waals surface area contributed by atoms with E-state index in [4.69, 9.17) is 5.11 Å². The second-order valence-electron chi connectivity index (χ2n) is 8.12. The second-order valence-corrected chi connectivity index (χ2v) is 10.1. The zero-order valence-electron chi connectivity index (χ0n) is 16.8. The van der Waals surface area contributed by atoms with Crippen LogP contribution in [0.3, 0.4) is 0 Å². The number of piperidine rings is 1. The van der Waals surface area contributed by atoms with E-state index >= 15 is 0 Å². The van der Waals surface area contributed by atoms with Crippen molar-refractivity contribution in [1.29, 1.82) is 0 Å². The van der Waals surface area contributed by atoms with Crippen LogP contribution in [0.2, 0.25) is 0 Å². The van der Waals surface area contributed by atoms with Gasteiger partial charge in [-0.3, -0.25) is 4.79 Å². The fourth-order valence-electron chi connectivity index (χ4n) is 4.48. The van der Waals surface area contributed by atoms with E-state index in [0.29, 0.717) is 19.3 Å². The van der Waals surface area contributed by atoms with Crippen LogP contribution in [0.15, 0.2) is 36.1 Å². The SMILES string of the molecule is O=C(O)CC1C=CC=C2NC(S(=O)(=O)NCCc3ccc4c(n3)NCCC4)CCC21. The molecule has 9 heteroatoms. The number of carboxylic acid groups (broad SMARTS) is 1. The standard InChI is InChI=1S/C21H28N4O4S/c26-20(27)13-15-3-1-5-18-17(15)8-9-19(25-18)30(28,29)23-12-10-16-7-6-14-4-2-11-22-21(14)24-16/h1,3,5-7,15,17,19,23,25H,2,4,8-13H2,(H,22,24)(H,26,27). The molecule has 4 rings (SSSR count). The normalized spacial score (nSPS) is 25.3. The van der Waals surface area contributed by atoms with Crippen LogP contribution >= 0.6 is 0 Å². The summed E-state index contributed by atoms with van der Waals surface area (Å²) in [6, 6.07) is 4.03. The van der Waals surface area contributed by atoms with Gasteiger partial charge in [0, 0.05) is 36.8 Å². The average Bonchev–Trinajstić information content (AvgIpc) is 2.73. The highest BCUT2D eigenvalue weighted by Gasteiger charge is 2.37. The number of nitrogens with one attached hydrogen (secondary N) is 3. The van der Waals surface area contributed by atoms with Crippen molar-refractivity contribution in [3.05, 3.63) is 47.3 Å². The number of carbonyl (C=O) groups is 1. The van der Waals surface area contributed by atoms with E-state index in [-0.39, 0.29) is 24.8 Å². The molecule has 3 heterocycles. The molecule has 2 aliphatic heterocycles. The predicted molar refractivity (Wildman–Crippen MR) is 114 cm³/mol. The predicted octanol–water partition coefficient (Wildman–Crippen LogP) is 1.77. The Kier molecular flexibility index (Phi) is 6.10. The number of pyridine rings is 1. The van der Waals surface area contributed by atoms with Crippen LogP contribution in [-0.4, -0.2) is 42.9 Å². The average molecular weight is 433 g/mol. The number of anilines is 1. The van der Waals surface area contributed by atoms with E-state index in [2.05, 4.69) is 26.4 Å². The lowest BCUT2D eigenvalue weighted by Crippen LogP contribution is -2.49. The van der Waals surface area contributed by atoms with Gasteiger partial charge in [0.2, 0.25) is 10.0 Å². The smallest absolute Gasteiger partial charge is 0.303 e. The van der Waals surface area contributed by atoms with Crippen molar-refractivity contribution in [3.63, 3.8) is 0 Å². The van der Waals surface area contributed by atoms with Gasteiger partial charge in [-0.1, -0.05) is 18.2 Å². The Morgan fingerprint density at radius 2 is 2.17 bits per heavy atom. The first kappa shape index (κ1) is 20.9. The molecule has 1 fully saturated rings. The number of nitrogens with zero attached hydrogens (tertiary/aromatic N) is 1. The molecule has 4 N–H and O–H groups in total. The molecule has 1 saturated heterocycles. The Balaban J connectivity index is 1.33. The van der Waals surface area contributed by atoms with E-state index in [1.54, 1.807) is 0 Å². The molecule has 8 nitrogen and oxygen atoms in total. The minimum Gasteiger partial charge on any atom is -0.481 e. The lowest BCUT2D eigenvalue weighted by Gasteiger charge is -2.37. The monoisotopic (exact) mass is 432 g/mol. The van der Waals surface area contributed by atoms with Crippen molar-refractivity contribution in [1.82, 2.24) is 15.0 Å². The molecule has 1 aromatic heterocycles. The summed E-state index contributed by atoms with van der Waals surface area (Å²) in [7, 11) is -3.55. The molecule has 1 aromatic rings. The fraction of sp³-hybridized carbons (Fsp3) is 0.524. The summed E-state index contributed by atoms with van der Waals surface area (Å²) in [4.78, 5) is 15.7. The number of sulfonamides is 1. The molecule has 0 amide bonds. The third kappa shape index (κ3) is 4.67. The van der Waals surface area contributed by atoms with Crippen molar-refractivity contribution < 1.29 is 18.3 Å². The minimum absolute atomic E-state index is 0.0322. The summed E-state index contributed by atoms with van der Waals surface area (Å²) in [6.45, 7) is 1.21. The lowest BCUT2D eigenvalue weighted by atomic mass is 9.79. The fourth-order valence-corrected chi connectivity index (χ4v) is 5.80. The summed E-state index contributed by atoms with van der Waals surface area (Å²) < 4.78 is 28.3. The van der Waals surface area contributed by atoms with Crippen LogP contribution in [0.5, 0.6) is 0 Å². The first-order valence-electron chi connectivity index (χ1n) is 10.5. The highest BCUT2D eigenvalue weighted by atomic mass is 32.2. The number of aromatic nitrogens is 1. The number of carboxylic acids is 1. The number of aliphatic carboxylic acids is 1. The molecule has 1 aliphatic carbocycles. The maximum atomic E-state index is 12.8. The van der Waals surface area contributed by atoms with Gasteiger partial charge in [-0.25, -0.2) is 18.1 Å². The Hall–Kier alpha value is -2.39. The molecule has 30 heavy (non-hydrogen) atoms. The maximum Gasteiger partial charge on any atom is 0.303 e. The summed E-state index contributed by atoms with van der Waals surface area (Å²) in [5.74, 6) is 0.00292. The number of aryl methyl sites for hydroxylation is 1. The van der Waals surface area contributed by atoms with E-state index in [1.807, 2.05) is 24.3 Å². The van der Waals surface area contributed by atoms with Gasteiger partial charge in [-0.15, -0.1) is 0 Å².